The number of benzene rings is 2. The smallest absolute Gasteiger partial charge is 0.360 e. The van der Waals surface area contributed by atoms with Crippen LogP contribution in [0.25, 0.3) is 16.8 Å². The van der Waals surface area contributed by atoms with Crippen LogP contribution in [0.15, 0.2) is 54.7 Å². The lowest BCUT2D eigenvalue weighted by Crippen LogP contribution is -2.44. The molecule has 174 valence electrons. The predicted octanol–water partition coefficient (Wildman–Crippen LogP) is 4.02. The Morgan fingerprint density at radius 3 is 2.36 bits per heavy atom. The van der Waals surface area contributed by atoms with Gasteiger partial charge in [-0.3, -0.25) is 4.79 Å². The van der Waals surface area contributed by atoms with Gasteiger partial charge in [0.15, 0.2) is 23.8 Å². The van der Waals surface area contributed by atoms with Crippen LogP contribution in [0.1, 0.15) is 37.7 Å². The summed E-state index contributed by atoms with van der Waals surface area (Å²) in [5, 5.41) is 7.31. The molecule has 1 aromatic heterocycles. The molecule has 0 saturated heterocycles. The number of methoxy groups -OCH3 is 2. The number of aromatic nitrogens is 2. The highest BCUT2D eigenvalue weighted by Gasteiger charge is 2.24. The number of carbonyl (C=O) groups excluding carboxylic acids is 2. The van der Waals surface area contributed by atoms with E-state index in [-0.39, 0.29) is 17.1 Å². The van der Waals surface area contributed by atoms with E-state index in [4.69, 9.17) is 14.2 Å². The van der Waals surface area contributed by atoms with E-state index in [9.17, 15) is 9.59 Å². The zero-order valence-corrected chi connectivity index (χ0v) is 19.5. The van der Waals surface area contributed by atoms with Crippen LogP contribution in [0.3, 0.4) is 0 Å². The largest absolute Gasteiger partial charge is 0.493 e. The monoisotopic (exact) mass is 451 g/mol. The lowest BCUT2D eigenvalue weighted by Gasteiger charge is -2.24. The number of ether oxygens (including phenoxy) is 3. The maximum Gasteiger partial charge on any atom is 0.360 e. The lowest BCUT2D eigenvalue weighted by molar-refractivity contribution is -0.125. The molecule has 0 unspecified atom stereocenters. The first-order valence-electron chi connectivity index (χ1n) is 10.6. The van der Waals surface area contributed by atoms with E-state index in [2.05, 4.69) is 10.4 Å². The van der Waals surface area contributed by atoms with Crippen molar-refractivity contribution in [3.63, 3.8) is 0 Å². The second-order valence-corrected chi connectivity index (χ2v) is 8.10. The summed E-state index contributed by atoms with van der Waals surface area (Å²) >= 11 is 0. The molecule has 3 aromatic rings. The molecule has 0 aliphatic heterocycles. The van der Waals surface area contributed by atoms with Crippen LogP contribution < -0.4 is 14.8 Å². The highest BCUT2D eigenvalue weighted by molar-refractivity contribution is 5.96. The Hall–Kier alpha value is -3.81. The highest BCUT2D eigenvalue weighted by Crippen LogP contribution is 2.34. The first kappa shape index (κ1) is 23.8. The molecule has 0 aliphatic rings. The molecule has 33 heavy (non-hydrogen) atoms. The van der Waals surface area contributed by atoms with Gasteiger partial charge in [0.1, 0.15) is 0 Å². The van der Waals surface area contributed by atoms with Crippen molar-refractivity contribution in [3.05, 3.63) is 60.4 Å². The number of carbonyl (C=O) groups is 2. The fourth-order valence-corrected chi connectivity index (χ4v) is 3.15. The molecule has 0 radical (unpaired) electrons. The molecular formula is C25H29N3O5. The van der Waals surface area contributed by atoms with Crippen LogP contribution in [-0.4, -0.2) is 48.0 Å². The maximum absolute atomic E-state index is 13.0. The van der Waals surface area contributed by atoms with Crippen molar-refractivity contribution >= 4 is 11.9 Å². The standard InChI is InChI=1S/C25H29N3O5/c1-6-25(2,3)26-22(29)16-33-24(30)23-19(15-28(27-23)18-10-8-7-9-11-18)17-12-13-20(31-4)21(14-17)32-5/h7-15H,6,16H2,1-5H3,(H,26,29). The van der Waals surface area contributed by atoms with E-state index in [0.717, 1.165) is 12.1 Å². The molecule has 8 heteroatoms. The zero-order valence-electron chi connectivity index (χ0n) is 19.5. The van der Waals surface area contributed by atoms with Gasteiger partial charge >= 0.3 is 5.97 Å². The van der Waals surface area contributed by atoms with E-state index in [1.807, 2.05) is 51.1 Å². The normalized spacial score (nSPS) is 11.1. The van der Waals surface area contributed by atoms with E-state index in [0.29, 0.717) is 22.6 Å². The first-order valence-corrected chi connectivity index (χ1v) is 10.6. The Kier molecular flexibility index (Phi) is 7.37. The van der Waals surface area contributed by atoms with Gasteiger partial charge in [-0.25, -0.2) is 9.48 Å². The van der Waals surface area contributed by atoms with Crippen molar-refractivity contribution in [3.8, 4) is 28.3 Å². The third-order valence-electron chi connectivity index (χ3n) is 5.32. The van der Waals surface area contributed by atoms with Gasteiger partial charge in [-0.15, -0.1) is 0 Å². The number of para-hydroxylation sites is 1. The van der Waals surface area contributed by atoms with Gasteiger partial charge in [0.2, 0.25) is 0 Å². The number of nitrogens with zero attached hydrogens (tertiary/aromatic N) is 2. The number of amides is 1. The summed E-state index contributed by atoms with van der Waals surface area (Å²) in [6, 6.07) is 14.7. The lowest BCUT2D eigenvalue weighted by atomic mass is 10.0. The average Bonchev–Trinajstić information content (AvgIpc) is 3.28. The molecule has 2 aromatic carbocycles. The summed E-state index contributed by atoms with van der Waals surface area (Å²) in [7, 11) is 3.10. The van der Waals surface area contributed by atoms with Crippen LogP contribution in [0.5, 0.6) is 11.5 Å². The van der Waals surface area contributed by atoms with Crippen molar-refractivity contribution in [2.24, 2.45) is 0 Å². The minimum atomic E-state index is -0.695. The fourth-order valence-electron chi connectivity index (χ4n) is 3.15. The number of esters is 1. The van der Waals surface area contributed by atoms with Gasteiger partial charge in [-0.05, 0) is 50.1 Å². The molecule has 3 rings (SSSR count). The minimum Gasteiger partial charge on any atom is -0.493 e. The average molecular weight is 452 g/mol. The van der Waals surface area contributed by atoms with Crippen LogP contribution in [0.4, 0.5) is 0 Å². The summed E-state index contributed by atoms with van der Waals surface area (Å²) in [5.74, 6) is 0.0169. The van der Waals surface area contributed by atoms with Crippen molar-refractivity contribution in [1.82, 2.24) is 15.1 Å². The van der Waals surface area contributed by atoms with Crippen LogP contribution in [0.2, 0.25) is 0 Å². The summed E-state index contributed by atoms with van der Waals surface area (Å²) in [6.07, 6.45) is 2.49. The minimum absolute atomic E-state index is 0.0913. The van der Waals surface area contributed by atoms with Crippen molar-refractivity contribution in [1.29, 1.82) is 0 Å². The third-order valence-corrected chi connectivity index (χ3v) is 5.32. The van der Waals surface area contributed by atoms with E-state index in [1.165, 1.54) is 0 Å². The Labute approximate surface area is 193 Å². The topological polar surface area (TPSA) is 91.7 Å². The zero-order chi connectivity index (χ0) is 24.0. The van der Waals surface area contributed by atoms with Crippen molar-refractivity contribution in [2.45, 2.75) is 32.7 Å². The van der Waals surface area contributed by atoms with Gasteiger partial charge in [0, 0.05) is 17.3 Å². The van der Waals surface area contributed by atoms with Crippen LogP contribution >= 0.6 is 0 Å². The SMILES string of the molecule is CCC(C)(C)NC(=O)COC(=O)c1nn(-c2ccccc2)cc1-c1ccc(OC)c(OC)c1. The van der Waals surface area contributed by atoms with Gasteiger partial charge in [0.25, 0.3) is 5.91 Å². The number of rotatable bonds is 9. The molecular weight excluding hydrogens is 422 g/mol. The molecule has 0 fully saturated rings. The van der Waals surface area contributed by atoms with Gasteiger partial charge < -0.3 is 19.5 Å². The van der Waals surface area contributed by atoms with Gasteiger partial charge in [0.05, 0.1) is 19.9 Å². The number of nitrogens with one attached hydrogen (secondary N) is 1. The summed E-state index contributed by atoms with van der Waals surface area (Å²) in [5.41, 5.74) is 1.72. The third kappa shape index (κ3) is 5.71. The van der Waals surface area contributed by atoms with Gasteiger partial charge in [-0.2, -0.15) is 5.10 Å². The first-order chi connectivity index (χ1) is 15.8. The summed E-state index contributed by atoms with van der Waals surface area (Å²) < 4.78 is 17.6. The molecule has 1 N–H and O–H groups in total. The fraction of sp³-hybridized carbons (Fsp3) is 0.320. The Bertz CT molecular complexity index is 1120. The summed E-state index contributed by atoms with van der Waals surface area (Å²) in [4.78, 5) is 25.2. The number of hydrogen-bond acceptors (Lipinski definition) is 6. The number of hydrogen-bond donors (Lipinski definition) is 1. The van der Waals surface area contributed by atoms with Crippen LogP contribution in [0, 0.1) is 0 Å². The Morgan fingerprint density at radius 1 is 1.03 bits per heavy atom. The molecule has 8 nitrogen and oxygen atoms in total. The molecule has 1 heterocycles. The summed E-state index contributed by atoms with van der Waals surface area (Å²) in [6.45, 7) is 5.39. The van der Waals surface area contributed by atoms with Crippen LogP contribution in [-0.2, 0) is 9.53 Å². The molecule has 0 spiro atoms. The van der Waals surface area contributed by atoms with E-state index >= 15 is 0 Å². The molecule has 0 saturated carbocycles. The predicted molar refractivity (Wildman–Crippen MR) is 125 cm³/mol. The molecule has 0 bridgehead atoms. The van der Waals surface area contributed by atoms with E-state index in [1.54, 1.807) is 43.3 Å². The van der Waals surface area contributed by atoms with Crippen molar-refractivity contribution < 1.29 is 23.8 Å². The van der Waals surface area contributed by atoms with Gasteiger partial charge in [-0.1, -0.05) is 31.2 Å². The molecule has 1 amide bonds. The maximum atomic E-state index is 13.0. The molecule has 0 aliphatic carbocycles. The highest BCUT2D eigenvalue weighted by atomic mass is 16.5. The Balaban J connectivity index is 1.94. The van der Waals surface area contributed by atoms with Crippen molar-refractivity contribution in [2.75, 3.05) is 20.8 Å². The van der Waals surface area contributed by atoms with E-state index < -0.39 is 12.6 Å². The quantitative estimate of drug-likeness (QED) is 0.494. The molecule has 0 atom stereocenters. The Morgan fingerprint density at radius 2 is 1.73 bits per heavy atom. The second-order valence-electron chi connectivity index (χ2n) is 8.10. The second kappa shape index (κ2) is 10.2.